The number of hydrogen-bond donors (Lipinski definition) is 3. The number of nitrogens with zero attached hydrogens (tertiary/aromatic N) is 1. The predicted octanol–water partition coefficient (Wildman–Crippen LogP) is 3.16. The van der Waals surface area contributed by atoms with E-state index in [0.717, 1.165) is 5.56 Å². The number of carbonyl (C=O) groups is 5. The number of Topliss-reactive ketones (excluding diaryl/α,β-unsaturated/α-hetero) is 1. The zero-order chi connectivity index (χ0) is 30.0. The van der Waals surface area contributed by atoms with Gasteiger partial charge in [0.15, 0.2) is 5.78 Å². The zero-order valence-corrected chi connectivity index (χ0v) is 24.6. The van der Waals surface area contributed by atoms with Crippen molar-refractivity contribution in [2.45, 2.75) is 91.6 Å². The second-order valence-corrected chi connectivity index (χ2v) is 12.0. The van der Waals surface area contributed by atoms with Crippen LogP contribution < -0.4 is 16.0 Å². The molecule has 0 radical (unpaired) electrons. The van der Waals surface area contributed by atoms with Crippen LogP contribution in [0.4, 0.5) is 9.59 Å². The van der Waals surface area contributed by atoms with Gasteiger partial charge in [-0.1, -0.05) is 58.0 Å². The van der Waals surface area contributed by atoms with Crippen LogP contribution in [-0.2, 0) is 30.5 Å². The van der Waals surface area contributed by atoms with E-state index in [0.29, 0.717) is 12.8 Å². The third-order valence-corrected chi connectivity index (χ3v) is 5.99. The molecular formula is C29H44N4O7. The lowest BCUT2D eigenvalue weighted by atomic mass is 10.0. The van der Waals surface area contributed by atoms with E-state index >= 15 is 0 Å². The van der Waals surface area contributed by atoms with Crippen molar-refractivity contribution in [1.29, 1.82) is 0 Å². The molecule has 3 atom stereocenters. The second kappa shape index (κ2) is 14.7. The fourth-order valence-electron chi connectivity index (χ4n) is 4.22. The smallest absolute Gasteiger partial charge is 0.408 e. The van der Waals surface area contributed by atoms with E-state index in [1.54, 1.807) is 20.8 Å². The Hall–Kier alpha value is -3.63. The van der Waals surface area contributed by atoms with Gasteiger partial charge in [0.1, 0.15) is 30.3 Å². The van der Waals surface area contributed by atoms with E-state index in [-0.39, 0.29) is 37.3 Å². The number of carbonyl (C=O) groups excluding carboxylic acids is 5. The van der Waals surface area contributed by atoms with E-state index in [9.17, 15) is 24.0 Å². The van der Waals surface area contributed by atoms with Crippen LogP contribution in [0.25, 0.3) is 0 Å². The molecule has 0 aromatic heterocycles. The summed E-state index contributed by atoms with van der Waals surface area (Å²) in [6, 6.07) is 6.41. The maximum absolute atomic E-state index is 13.3. The third kappa shape index (κ3) is 11.2. The number of benzene rings is 1. The molecule has 1 heterocycles. The summed E-state index contributed by atoms with van der Waals surface area (Å²) in [5.74, 6) is -1.15. The van der Waals surface area contributed by atoms with E-state index in [2.05, 4.69) is 16.0 Å². The Balaban J connectivity index is 2.01. The minimum absolute atomic E-state index is 0.0408. The van der Waals surface area contributed by atoms with Crippen molar-refractivity contribution in [3.05, 3.63) is 35.9 Å². The van der Waals surface area contributed by atoms with Crippen LogP contribution in [0.15, 0.2) is 30.3 Å². The molecule has 1 aromatic rings. The van der Waals surface area contributed by atoms with Crippen LogP contribution in [-0.4, -0.2) is 71.5 Å². The number of alkyl carbamates (subject to hydrolysis) is 2. The third-order valence-electron chi connectivity index (χ3n) is 5.99. The molecular weight excluding hydrogens is 516 g/mol. The summed E-state index contributed by atoms with van der Waals surface area (Å²) in [7, 11) is 0. The van der Waals surface area contributed by atoms with Gasteiger partial charge >= 0.3 is 12.2 Å². The Labute approximate surface area is 236 Å². The number of ketones is 1. The molecule has 1 saturated heterocycles. The minimum Gasteiger partial charge on any atom is -0.445 e. The normalized spacial score (nSPS) is 16.9. The standard InChI is InChI=1S/C29H44N4O7/c1-18(2)13-21(31-27(37)39-17-20-11-9-8-10-12-20)25(35)30-23-15-33(16-24(23)34)26(36)22(14-19(3)4)32-28(38)40-29(5,6)7/h8-12,18-19,21-23H,13-17H2,1-7H3,(H,30,35)(H,31,37)(H,32,38)/t21-,22-,23?/m0/s1. The average Bonchev–Trinajstić information content (AvgIpc) is 3.20. The van der Waals surface area contributed by atoms with Gasteiger partial charge in [0.25, 0.3) is 0 Å². The van der Waals surface area contributed by atoms with Crippen LogP contribution in [0.2, 0.25) is 0 Å². The number of amides is 4. The van der Waals surface area contributed by atoms with Gasteiger partial charge in [0.05, 0.1) is 6.54 Å². The molecule has 1 unspecified atom stereocenters. The van der Waals surface area contributed by atoms with Crippen molar-refractivity contribution in [3.63, 3.8) is 0 Å². The van der Waals surface area contributed by atoms with Crippen LogP contribution in [0, 0.1) is 11.8 Å². The predicted molar refractivity (Wildman–Crippen MR) is 149 cm³/mol. The van der Waals surface area contributed by atoms with Gasteiger partial charge < -0.3 is 30.3 Å². The Morgan fingerprint density at radius 1 is 0.925 bits per heavy atom. The first-order chi connectivity index (χ1) is 18.6. The van der Waals surface area contributed by atoms with Crippen molar-refractivity contribution < 1.29 is 33.4 Å². The molecule has 11 nitrogen and oxygen atoms in total. The molecule has 0 bridgehead atoms. The molecule has 0 saturated carbocycles. The Kier molecular flexibility index (Phi) is 11.9. The van der Waals surface area contributed by atoms with E-state index < -0.39 is 47.7 Å². The van der Waals surface area contributed by atoms with Gasteiger partial charge in [-0.3, -0.25) is 14.4 Å². The number of hydrogen-bond acceptors (Lipinski definition) is 7. The highest BCUT2D eigenvalue weighted by atomic mass is 16.6. The molecule has 1 fully saturated rings. The molecule has 2 rings (SSSR count). The molecule has 40 heavy (non-hydrogen) atoms. The highest BCUT2D eigenvalue weighted by Gasteiger charge is 2.39. The summed E-state index contributed by atoms with van der Waals surface area (Å²) >= 11 is 0. The summed E-state index contributed by atoms with van der Waals surface area (Å²) < 4.78 is 10.6. The summed E-state index contributed by atoms with van der Waals surface area (Å²) in [5, 5.41) is 7.90. The van der Waals surface area contributed by atoms with Crippen molar-refractivity contribution >= 4 is 29.8 Å². The lowest BCUT2D eigenvalue weighted by Gasteiger charge is -2.27. The largest absolute Gasteiger partial charge is 0.445 e. The van der Waals surface area contributed by atoms with Crippen molar-refractivity contribution in [3.8, 4) is 0 Å². The van der Waals surface area contributed by atoms with Gasteiger partial charge in [-0.05, 0) is 51.0 Å². The summed E-state index contributed by atoms with van der Waals surface area (Å²) in [6.07, 6.45) is -0.787. The molecule has 222 valence electrons. The quantitative estimate of drug-likeness (QED) is 0.377. The summed E-state index contributed by atoms with van der Waals surface area (Å²) in [4.78, 5) is 65.3. The summed E-state index contributed by atoms with van der Waals surface area (Å²) in [5.41, 5.74) is 0.0731. The van der Waals surface area contributed by atoms with Crippen molar-refractivity contribution in [1.82, 2.24) is 20.9 Å². The van der Waals surface area contributed by atoms with Crippen molar-refractivity contribution in [2.75, 3.05) is 13.1 Å². The minimum atomic E-state index is -0.936. The van der Waals surface area contributed by atoms with Gasteiger partial charge in [0, 0.05) is 6.54 Å². The van der Waals surface area contributed by atoms with Gasteiger partial charge in [0.2, 0.25) is 11.8 Å². The molecule has 1 aliphatic heterocycles. The molecule has 0 aliphatic carbocycles. The molecule has 3 N–H and O–H groups in total. The summed E-state index contributed by atoms with van der Waals surface area (Å²) in [6.45, 7) is 12.6. The fourth-order valence-corrected chi connectivity index (χ4v) is 4.22. The fraction of sp³-hybridized carbons (Fsp3) is 0.621. The Morgan fingerprint density at radius 2 is 1.50 bits per heavy atom. The maximum Gasteiger partial charge on any atom is 0.408 e. The van der Waals surface area contributed by atoms with Crippen LogP contribution in [0.5, 0.6) is 0 Å². The molecule has 4 amide bonds. The highest BCUT2D eigenvalue weighted by Crippen LogP contribution is 2.15. The van der Waals surface area contributed by atoms with E-state index in [1.807, 2.05) is 58.0 Å². The SMILES string of the molecule is CC(C)C[C@H](NC(=O)OCc1ccccc1)C(=O)NC1CN(C(=O)[C@H](CC(C)C)NC(=O)OC(C)(C)C)CC1=O. The van der Waals surface area contributed by atoms with Crippen molar-refractivity contribution in [2.24, 2.45) is 11.8 Å². The molecule has 1 aliphatic rings. The first-order valence-corrected chi connectivity index (χ1v) is 13.7. The second-order valence-electron chi connectivity index (χ2n) is 12.0. The van der Waals surface area contributed by atoms with Crippen LogP contribution in [0.3, 0.4) is 0 Å². The Bertz CT molecular complexity index is 1040. The topological polar surface area (TPSA) is 143 Å². The van der Waals surface area contributed by atoms with E-state index in [1.165, 1.54) is 4.90 Å². The first-order valence-electron chi connectivity index (χ1n) is 13.7. The van der Waals surface area contributed by atoms with Gasteiger partial charge in [-0.2, -0.15) is 0 Å². The molecule has 1 aromatic carbocycles. The Morgan fingerprint density at radius 3 is 2.08 bits per heavy atom. The first kappa shape index (κ1) is 32.6. The average molecular weight is 561 g/mol. The molecule has 0 spiro atoms. The number of rotatable bonds is 11. The van der Waals surface area contributed by atoms with Gasteiger partial charge in [-0.15, -0.1) is 0 Å². The van der Waals surface area contributed by atoms with E-state index in [4.69, 9.17) is 9.47 Å². The zero-order valence-electron chi connectivity index (χ0n) is 24.6. The van der Waals surface area contributed by atoms with Crippen LogP contribution in [0.1, 0.15) is 66.9 Å². The highest BCUT2D eigenvalue weighted by molar-refractivity contribution is 5.98. The van der Waals surface area contributed by atoms with Crippen LogP contribution >= 0.6 is 0 Å². The number of likely N-dealkylation sites (tertiary alicyclic amines) is 1. The monoisotopic (exact) mass is 560 g/mol. The number of ether oxygens (including phenoxy) is 2. The molecule has 11 heteroatoms. The maximum atomic E-state index is 13.3. The number of nitrogens with one attached hydrogen (secondary N) is 3. The lowest BCUT2D eigenvalue weighted by molar-refractivity contribution is -0.134. The lowest BCUT2D eigenvalue weighted by Crippen LogP contribution is -2.53. The van der Waals surface area contributed by atoms with Gasteiger partial charge in [-0.25, -0.2) is 9.59 Å².